The van der Waals surface area contributed by atoms with Gasteiger partial charge in [-0.05, 0) is 68.1 Å². The van der Waals surface area contributed by atoms with Crippen molar-refractivity contribution in [1.82, 2.24) is 42.5 Å². The standard InChI is InChI=1S/C32H50Br6N8/c33-16-10-9-15-17(20(16)34)30-44-29(15)42-27-12-6-2-1-5-11(12)25(40-27)39-26-13-7-3-4-8-14(13)28(41-26)43-31-18-19(32(45-30)46-31)22(36)24(38)23(37)21(18)35/h11-32,39-46H,1-10H2. The summed E-state index contributed by atoms with van der Waals surface area (Å²) in [5.41, 5.74) is 0. The first kappa shape index (κ1) is 34.3. The van der Waals surface area contributed by atoms with Crippen LogP contribution in [0.4, 0.5) is 0 Å². The second-order valence-corrected chi connectivity index (χ2v) is 22.6. The third-order valence-electron chi connectivity index (χ3n) is 14.0. The maximum Gasteiger partial charge on any atom is 0.0640 e. The fourth-order valence-electron chi connectivity index (χ4n) is 11.9. The van der Waals surface area contributed by atoms with Crippen molar-refractivity contribution in [3.05, 3.63) is 0 Å². The Bertz CT molecular complexity index is 1130. The molecular weight excluding hydrogens is 976 g/mol. The fraction of sp³-hybridized carbons (Fsp3) is 1.00. The average Bonchev–Trinajstić information content (AvgIpc) is 3.79. The highest BCUT2D eigenvalue weighted by molar-refractivity contribution is 9.14. The molecule has 0 amide bonds. The van der Waals surface area contributed by atoms with E-state index < -0.39 is 0 Å². The van der Waals surface area contributed by atoms with Gasteiger partial charge in [0, 0.05) is 46.7 Å². The molecule has 5 saturated heterocycles. The maximum absolute atomic E-state index is 4.26. The van der Waals surface area contributed by atoms with Gasteiger partial charge in [0.05, 0.1) is 49.3 Å². The van der Waals surface area contributed by atoms with Gasteiger partial charge in [-0.3, -0.25) is 42.5 Å². The van der Waals surface area contributed by atoms with E-state index in [-0.39, 0.29) is 24.7 Å². The topological polar surface area (TPSA) is 96.2 Å². The van der Waals surface area contributed by atoms with Crippen LogP contribution >= 0.6 is 95.6 Å². The number of alkyl halides is 6. The number of fused-ring (bicyclic) bond motifs is 20. The average molecular weight is 1030 g/mol. The first-order chi connectivity index (χ1) is 22.3. The lowest BCUT2D eigenvalue weighted by molar-refractivity contribution is 0.174. The van der Waals surface area contributed by atoms with Gasteiger partial charge in [-0.15, -0.1) is 0 Å². The van der Waals surface area contributed by atoms with Crippen LogP contribution in [0.2, 0.25) is 0 Å². The van der Waals surface area contributed by atoms with Crippen molar-refractivity contribution in [2.75, 3.05) is 0 Å². The van der Waals surface area contributed by atoms with Gasteiger partial charge in [0.1, 0.15) is 0 Å². The normalized spacial score (nSPS) is 61.4. The van der Waals surface area contributed by atoms with Gasteiger partial charge in [-0.2, -0.15) is 0 Å². The van der Waals surface area contributed by atoms with E-state index in [0.717, 1.165) is 0 Å². The van der Waals surface area contributed by atoms with E-state index in [1.807, 2.05) is 0 Å². The Morgan fingerprint density at radius 2 is 0.609 bits per heavy atom. The zero-order valence-electron chi connectivity index (χ0n) is 26.0. The Morgan fingerprint density at radius 3 is 1.02 bits per heavy atom. The third-order valence-corrected chi connectivity index (χ3v) is 23.7. The first-order valence-corrected chi connectivity index (χ1v) is 23.7. The van der Waals surface area contributed by atoms with Crippen LogP contribution in [-0.4, -0.2) is 78.3 Å². The fourth-order valence-corrected chi connectivity index (χ4v) is 17.6. The number of rotatable bonds is 0. The van der Waals surface area contributed by atoms with Crippen molar-refractivity contribution in [3.63, 3.8) is 0 Å². The lowest BCUT2D eigenvalue weighted by Crippen LogP contribution is -2.62. The number of hydrogen-bond donors (Lipinski definition) is 8. The molecule has 9 aliphatic rings. The molecule has 8 N–H and O–H groups in total. The molecule has 4 saturated carbocycles. The molecule has 4 aliphatic carbocycles. The summed E-state index contributed by atoms with van der Waals surface area (Å²) in [4.78, 5) is 2.22. The molecule has 260 valence electrons. The van der Waals surface area contributed by atoms with Crippen LogP contribution in [0.5, 0.6) is 0 Å². The van der Waals surface area contributed by atoms with E-state index in [9.17, 15) is 0 Å². The van der Waals surface area contributed by atoms with E-state index in [1.54, 1.807) is 0 Å². The van der Waals surface area contributed by atoms with E-state index in [2.05, 4.69) is 138 Å². The van der Waals surface area contributed by atoms with Crippen molar-refractivity contribution in [1.29, 1.82) is 0 Å². The van der Waals surface area contributed by atoms with E-state index >= 15 is 0 Å². The Labute approximate surface area is 325 Å². The molecular formula is C32H50Br6N8. The largest absolute Gasteiger partial charge is 0.286 e. The van der Waals surface area contributed by atoms with Gasteiger partial charge in [0.25, 0.3) is 0 Å². The molecule has 5 heterocycles. The summed E-state index contributed by atoms with van der Waals surface area (Å²) in [6, 6.07) is 0. The lowest BCUT2D eigenvalue weighted by Gasteiger charge is -2.45. The Hall–Kier alpha value is 2.56. The highest BCUT2D eigenvalue weighted by Gasteiger charge is 2.60. The zero-order valence-corrected chi connectivity index (χ0v) is 35.6. The molecule has 8 bridgehead atoms. The SMILES string of the molecule is BrC1CCC2C3NC4NC(NC5NC(NC6NC(NC(N3)C2C1Br)C1C(Br)C(Br)C(Br)C(Br)C61)C1CCCCC51)C1CCCCC41. The Morgan fingerprint density at radius 1 is 0.283 bits per heavy atom. The summed E-state index contributed by atoms with van der Waals surface area (Å²) in [7, 11) is 0. The van der Waals surface area contributed by atoms with Crippen LogP contribution in [-0.2, 0) is 0 Å². The quantitative estimate of drug-likeness (QED) is 0.164. The summed E-state index contributed by atoms with van der Waals surface area (Å²) in [6.45, 7) is 0. The first-order valence-electron chi connectivity index (χ1n) is 18.2. The summed E-state index contributed by atoms with van der Waals surface area (Å²) in [5, 5.41) is 33.8. The van der Waals surface area contributed by atoms with Crippen molar-refractivity contribution >= 4 is 95.6 Å². The minimum atomic E-state index is 0.168. The van der Waals surface area contributed by atoms with Crippen molar-refractivity contribution < 1.29 is 0 Å². The molecule has 0 aromatic heterocycles. The maximum atomic E-state index is 4.26. The van der Waals surface area contributed by atoms with Crippen molar-refractivity contribution in [2.24, 2.45) is 47.3 Å². The second kappa shape index (κ2) is 13.8. The predicted molar refractivity (Wildman–Crippen MR) is 206 cm³/mol. The molecule has 0 aromatic carbocycles. The van der Waals surface area contributed by atoms with Crippen LogP contribution in [0.3, 0.4) is 0 Å². The molecule has 14 heteroatoms. The highest BCUT2D eigenvalue weighted by atomic mass is 79.9. The molecule has 22 unspecified atom stereocenters. The van der Waals surface area contributed by atoms with Gasteiger partial charge in [-0.25, -0.2) is 0 Å². The molecule has 46 heavy (non-hydrogen) atoms. The molecule has 22 atom stereocenters. The van der Waals surface area contributed by atoms with E-state index in [1.165, 1.54) is 64.2 Å². The predicted octanol–water partition coefficient (Wildman–Crippen LogP) is 4.85. The molecule has 5 aliphatic heterocycles. The molecule has 9 fully saturated rings. The molecule has 8 nitrogen and oxygen atoms in total. The minimum absolute atomic E-state index is 0.168. The summed E-state index contributed by atoms with van der Waals surface area (Å²) in [5.74, 6) is 4.55. The van der Waals surface area contributed by atoms with Crippen molar-refractivity contribution in [3.8, 4) is 0 Å². The summed E-state index contributed by atoms with van der Waals surface area (Å²) < 4.78 is 0. The second-order valence-electron chi connectivity index (χ2n) is 16.1. The Kier molecular flexibility index (Phi) is 10.3. The van der Waals surface area contributed by atoms with Gasteiger partial charge >= 0.3 is 0 Å². The summed E-state index contributed by atoms with van der Waals surface area (Å²) >= 11 is 25.0. The van der Waals surface area contributed by atoms with Crippen molar-refractivity contribution in [2.45, 2.75) is 142 Å². The van der Waals surface area contributed by atoms with Crippen LogP contribution in [0, 0.1) is 47.3 Å². The molecule has 0 aromatic rings. The number of halogens is 6. The van der Waals surface area contributed by atoms with Crippen LogP contribution in [0.1, 0.15) is 64.2 Å². The lowest BCUT2D eigenvalue weighted by atomic mass is 9.76. The number of hydrogen-bond acceptors (Lipinski definition) is 8. The molecule has 0 spiro atoms. The van der Waals surface area contributed by atoms with Gasteiger partial charge < -0.3 is 0 Å². The smallest absolute Gasteiger partial charge is 0.0640 e. The number of nitrogens with one attached hydrogen (secondary N) is 8. The van der Waals surface area contributed by atoms with Crippen LogP contribution in [0.25, 0.3) is 0 Å². The zero-order chi connectivity index (χ0) is 31.4. The monoisotopic (exact) mass is 1020 g/mol. The molecule has 9 rings (SSSR count). The van der Waals surface area contributed by atoms with Crippen LogP contribution in [0.15, 0.2) is 0 Å². The Balaban J connectivity index is 1.09. The van der Waals surface area contributed by atoms with E-state index in [0.29, 0.717) is 101 Å². The summed E-state index contributed by atoms with van der Waals surface area (Å²) in [6.07, 6.45) is 15.3. The van der Waals surface area contributed by atoms with Gasteiger partial charge in [0.2, 0.25) is 0 Å². The minimum Gasteiger partial charge on any atom is -0.286 e. The van der Waals surface area contributed by atoms with E-state index in [4.69, 9.17) is 0 Å². The molecule has 0 radical (unpaired) electrons. The van der Waals surface area contributed by atoms with Crippen LogP contribution < -0.4 is 42.5 Å². The van der Waals surface area contributed by atoms with Gasteiger partial charge in [0.15, 0.2) is 0 Å². The van der Waals surface area contributed by atoms with Gasteiger partial charge in [-0.1, -0.05) is 121 Å². The third kappa shape index (κ3) is 5.76. The highest BCUT2D eigenvalue weighted by Crippen LogP contribution is 2.51.